The summed E-state index contributed by atoms with van der Waals surface area (Å²) in [5.41, 5.74) is 2.68. The number of hydrogen-bond donors (Lipinski definition) is 2. The lowest BCUT2D eigenvalue weighted by Gasteiger charge is -2.37. The predicted molar refractivity (Wildman–Crippen MR) is 122 cm³/mol. The Hall–Kier alpha value is -2.80. The molecule has 168 valence electrons. The number of halogens is 1. The molecular formula is C24H32FN3O3. The average Bonchev–Trinajstić information content (AvgIpc) is 2.76. The van der Waals surface area contributed by atoms with Crippen LogP contribution in [0.2, 0.25) is 0 Å². The lowest BCUT2D eigenvalue weighted by molar-refractivity contribution is -0.114. The molecule has 31 heavy (non-hydrogen) atoms. The van der Waals surface area contributed by atoms with Gasteiger partial charge >= 0.3 is 0 Å². The number of amides is 1. The molecule has 7 heteroatoms. The number of anilines is 2. The van der Waals surface area contributed by atoms with Gasteiger partial charge in [0, 0.05) is 30.9 Å². The lowest BCUT2D eigenvalue weighted by Crippen LogP contribution is -2.43. The van der Waals surface area contributed by atoms with Crippen molar-refractivity contribution in [2.24, 2.45) is 0 Å². The van der Waals surface area contributed by atoms with Gasteiger partial charge in [0.15, 0.2) is 11.5 Å². The number of hydrogen-bond acceptors (Lipinski definition) is 5. The van der Waals surface area contributed by atoms with E-state index in [0.29, 0.717) is 25.8 Å². The van der Waals surface area contributed by atoms with Crippen LogP contribution in [0.15, 0.2) is 36.4 Å². The normalized spacial score (nSPS) is 14.2. The lowest BCUT2D eigenvalue weighted by atomic mass is 10.0. The predicted octanol–water partition coefficient (Wildman–Crippen LogP) is 4.34. The van der Waals surface area contributed by atoms with E-state index >= 15 is 0 Å². The molecule has 2 aromatic carbocycles. The number of rotatable bonds is 9. The van der Waals surface area contributed by atoms with E-state index in [2.05, 4.69) is 15.5 Å². The van der Waals surface area contributed by atoms with Gasteiger partial charge in [-0.2, -0.15) is 4.39 Å². The van der Waals surface area contributed by atoms with Gasteiger partial charge in [0.05, 0.1) is 13.2 Å². The molecule has 1 aliphatic heterocycles. The Morgan fingerprint density at radius 1 is 1.13 bits per heavy atom. The smallest absolute Gasteiger partial charge is 0.221 e. The Morgan fingerprint density at radius 3 is 2.35 bits per heavy atom. The summed E-state index contributed by atoms with van der Waals surface area (Å²) in [4.78, 5) is 13.8. The molecule has 0 radical (unpaired) electrons. The molecule has 0 aliphatic carbocycles. The molecule has 0 bridgehead atoms. The van der Waals surface area contributed by atoms with Crippen LogP contribution in [0.5, 0.6) is 11.5 Å². The van der Waals surface area contributed by atoms with Gasteiger partial charge in [-0.15, -0.1) is 0 Å². The highest BCUT2D eigenvalue weighted by atomic mass is 19.1. The Bertz CT molecular complexity index is 857. The summed E-state index contributed by atoms with van der Waals surface area (Å²) in [7, 11) is 0. The molecule has 6 nitrogen and oxygen atoms in total. The van der Waals surface area contributed by atoms with Gasteiger partial charge in [0.1, 0.15) is 0 Å². The van der Waals surface area contributed by atoms with Crippen LogP contribution in [0.4, 0.5) is 15.8 Å². The summed E-state index contributed by atoms with van der Waals surface area (Å²) < 4.78 is 25.8. The molecule has 1 fully saturated rings. The fraction of sp³-hybridized carbons (Fsp3) is 0.458. The van der Waals surface area contributed by atoms with Gasteiger partial charge in [0.25, 0.3) is 0 Å². The molecule has 2 N–H and O–H groups in total. The molecular weight excluding hydrogens is 397 g/mol. The van der Waals surface area contributed by atoms with Crippen molar-refractivity contribution < 1.29 is 18.7 Å². The quantitative estimate of drug-likeness (QED) is 0.621. The zero-order valence-corrected chi connectivity index (χ0v) is 18.5. The van der Waals surface area contributed by atoms with Crippen molar-refractivity contribution in [2.45, 2.75) is 46.2 Å². The fourth-order valence-corrected chi connectivity index (χ4v) is 3.95. The molecule has 1 amide bonds. The van der Waals surface area contributed by atoms with E-state index in [0.717, 1.165) is 42.9 Å². The Balaban J connectivity index is 1.96. The SMILES string of the molecule is CCOc1cc(CN(c2cccc(NC(C)=O)c2)C2CCNCC2)cc(OCC)c1F. The van der Waals surface area contributed by atoms with E-state index in [-0.39, 0.29) is 17.4 Å². The van der Waals surface area contributed by atoms with Crippen molar-refractivity contribution in [2.75, 3.05) is 36.5 Å². The van der Waals surface area contributed by atoms with E-state index < -0.39 is 5.82 Å². The minimum absolute atomic E-state index is 0.105. The number of carbonyl (C=O) groups excluding carboxylic acids is 1. The largest absolute Gasteiger partial charge is 0.491 e. The van der Waals surface area contributed by atoms with Crippen LogP contribution in [0.3, 0.4) is 0 Å². The van der Waals surface area contributed by atoms with Crippen LogP contribution in [-0.4, -0.2) is 38.3 Å². The van der Waals surface area contributed by atoms with Crippen molar-refractivity contribution >= 4 is 17.3 Å². The zero-order chi connectivity index (χ0) is 22.2. The second-order valence-electron chi connectivity index (χ2n) is 7.61. The van der Waals surface area contributed by atoms with Crippen molar-refractivity contribution in [3.05, 3.63) is 47.8 Å². The fourth-order valence-electron chi connectivity index (χ4n) is 3.95. The van der Waals surface area contributed by atoms with Crippen LogP contribution in [0.1, 0.15) is 39.2 Å². The van der Waals surface area contributed by atoms with E-state index in [4.69, 9.17) is 9.47 Å². The molecule has 0 atom stereocenters. The first kappa shape index (κ1) is 22.9. The topological polar surface area (TPSA) is 62.8 Å². The third-order valence-corrected chi connectivity index (χ3v) is 5.27. The highest BCUT2D eigenvalue weighted by Gasteiger charge is 2.23. The maximum absolute atomic E-state index is 14.7. The second kappa shape index (κ2) is 11.0. The van der Waals surface area contributed by atoms with E-state index in [9.17, 15) is 9.18 Å². The maximum atomic E-state index is 14.7. The van der Waals surface area contributed by atoms with Crippen molar-refractivity contribution in [1.29, 1.82) is 0 Å². The third-order valence-electron chi connectivity index (χ3n) is 5.27. The van der Waals surface area contributed by atoms with Crippen LogP contribution in [-0.2, 0) is 11.3 Å². The standard InChI is InChI=1S/C24H32FN3O3/c1-4-30-22-13-18(14-23(24(22)25)31-5-2)16-28(20-9-11-26-12-10-20)21-8-6-7-19(15-21)27-17(3)29/h6-8,13-15,20,26H,4-5,9-12,16H2,1-3H3,(H,27,29). The van der Waals surface area contributed by atoms with Crippen LogP contribution in [0, 0.1) is 5.82 Å². The first-order chi connectivity index (χ1) is 15.0. The number of ether oxygens (including phenoxy) is 2. The second-order valence-corrected chi connectivity index (χ2v) is 7.61. The molecule has 2 aromatic rings. The first-order valence-electron chi connectivity index (χ1n) is 10.9. The van der Waals surface area contributed by atoms with Gasteiger partial charge in [-0.25, -0.2) is 0 Å². The molecule has 0 unspecified atom stereocenters. The van der Waals surface area contributed by atoms with E-state index in [1.54, 1.807) is 12.1 Å². The third kappa shape index (κ3) is 6.10. The summed E-state index contributed by atoms with van der Waals surface area (Å²) in [5.74, 6) is -0.151. The zero-order valence-electron chi connectivity index (χ0n) is 18.5. The number of carbonyl (C=O) groups is 1. The van der Waals surface area contributed by atoms with Gasteiger partial charge in [-0.3, -0.25) is 4.79 Å². The molecule has 1 saturated heterocycles. The van der Waals surface area contributed by atoms with E-state index in [1.165, 1.54) is 6.92 Å². The Kier molecular flexibility index (Phi) is 8.12. The molecule has 0 spiro atoms. The Labute approximate surface area is 183 Å². The summed E-state index contributed by atoms with van der Waals surface area (Å²) in [5, 5.41) is 6.27. The monoisotopic (exact) mass is 429 g/mol. The minimum atomic E-state index is -0.464. The van der Waals surface area contributed by atoms with E-state index in [1.807, 2.05) is 38.1 Å². The van der Waals surface area contributed by atoms with Gasteiger partial charge in [0.2, 0.25) is 11.7 Å². The van der Waals surface area contributed by atoms with Gasteiger partial charge < -0.3 is 25.0 Å². The summed E-state index contributed by atoms with van der Waals surface area (Å²) in [6.45, 7) is 8.40. The van der Waals surface area contributed by atoms with Crippen LogP contribution >= 0.6 is 0 Å². The van der Waals surface area contributed by atoms with Gasteiger partial charge in [-0.1, -0.05) is 6.07 Å². The summed E-state index contributed by atoms with van der Waals surface area (Å²) in [6.07, 6.45) is 2.00. The Morgan fingerprint density at radius 2 is 1.77 bits per heavy atom. The number of benzene rings is 2. The maximum Gasteiger partial charge on any atom is 0.221 e. The number of nitrogens with one attached hydrogen (secondary N) is 2. The van der Waals surface area contributed by atoms with Crippen molar-refractivity contribution in [3.63, 3.8) is 0 Å². The molecule has 1 aliphatic rings. The number of nitrogens with zero attached hydrogens (tertiary/aromatic N) is 1. The molecule has 0 aromatic heterocycles. The summed E-state index contributed by atoms with van der Waals surface area (Å²) >= 11 is 0. The van der Waals surface area contributed by atoms with Crippen LogP contribution < -0.4 is 25.0 Å². The molecule has 1 heterocycles. The highest BCUT2D eigenvalue weighted by molar-refractivity contribution is 5.89. The molecule has 3 rings (SSSR count). The van der Waals surface area contributed by atoms with Gasteiger partial charge in [-0.05, 0) is 75.7 Å². The minimum Gasteiger partial charge on any atom is -0.491 e. The van der Waals surface area contributed by atoms with Crippen molar-refractivity contribution in [1.82, 2.24) is 5.32 Å². The van der Waals surface area contributed by atoms with Crippen LogP contribution in [0.25, 0.3) is 0 Å². The first-order valence-corrected chi connectivity index (χ1v) is 10.9. The number of piperidine rings is 1. The molecule has 0 saturated carbocycles. The van der Waals surface area contributed by atoms with Crippen molar-refractivity contribution in [3.8, 4) is 11.5 Å². The highest BCUT2D eigenvalue weighted by Crippen LogP contribution is 2.32. The summed E-state index contributed by atoms with van der Waals surface area (Å²) in [6, 6.07) is 11.7. The average molecular weight is 430 g/mol.